The summed E-state index contributed by atoms with van der Waals surface area (Å²) >= 11 is 0. The molecule has 0 unspecified atom stereocenters. The highest BCUT2D eigenvalue weighted by Gasteiger charge is 2.28. The molecule has 4 rings (SSSR count). The topological polar surface area (TPSA) is 28.6 Å². The highest BCUT2D eigenvalue weighted by molar-refractivity contribution is 5.94. The van der Waals surface area contributed by atoms with Gasteiger partial charge in [0.05, 0.1) is 5.52 Å². The van der Waals surface area contributed by atoms with Gasteiger partial charge in [0.15, 0.2) is 0 Å². The van der Waals surface area contributed by atoms with E-state index in [4.69, 9.17) is 9.72 Å². The van der Waals surface area contributed by atoms with Crippen LogP contribution in [0.15, 0.2) is 24.3 Å². The van der Waals surface area contributed by atoms with E-state index in [1.165, 1.54) is 36.0 Å². The van der Waals surface area contributed by atoms with Crippen molar-refractivity contribution in [2.24, 2.45) is 0 Å². The Morgan fingerprint density at radius 2 is 2.04 bits per heavy atom. The van der Waals surface area contributed by atoms with Crippen molar-refractivity contribution in [3.63, 3.8) is 0 Å². The van der Waals surface area contributed by atoms with E-state index in [2.05, 4.69) is 48.0 Å². The second-order valence-electron chi connectivity index (χ2n) is 6.85. The lowest BCUT2D eigenvalue weighted by Gasteiger charge is -2.27. The van der Waals surface area contributed by atoms with Crippen LogP contribution in [0.3, 0.4) is 0 Å². The van der Waals surface area contributed by atoms with Crippen LogP contribution in [0.5, 0.6) is 0 Å². The number of benzene rings is 1. The van der Waals surface area contributed by atoms with E-state index in [0.717, 1.165) is 24.2 Å². The third-order valence-electron chi connectivity index (χ3n) is 5.18. The quantitative estimate of drug-likeness (QED) is 0.860. The van der Waals surface area contributed by atoms with E-state index < -0.39 is 0 Å². The third-order valence-corrected chi connectivity index (χ3v) is 5.18. The van der Waals surface area contributed by atoms with E-state index in [1.807, 2.05) is 7.11 Å². The highest BCUT2D eigenvalue weighted by Crippen LogP contribution is 2.36. The van der Waals surface area contributed by atoms with Crippen molar-refractivity contribution >= 4 is 22.3 Å². The summed E-state index contributed by atoms with van der Waals surface area (Å²) in [7, 11) is 4.00. The van der Waals surface area contributed by atoms with Gasteiger partial charge in [-0.3, -0.25) is 4.98 Å². The van der Waals surface area contributed by atoms with E-state index in [1.54, 1.807) is 0 Å². The normalized spacial score (nSPS) is 21.2. The number of anilines is 2. The molecule has 1 aliphatic heterocycles. The van der Waals surface area contributed by atoms with Gasteiger partial charge in [0.25, 0.3) is 0 Å². The lowest BCUT2D eigenvalue weighted by molar-refractivity contribution is 0.111. The Balaban J connectivity index is 1.78. The number of ether oxygens (including phenoxy) is 1. The zero-order valence-corrected chi connectivity index (χ0v) is 14.2. The van der Waals surface area contributed by atoms with Gasteiger partial charge in [-0.1, -0.05) is 0 Å². The van der Waals surface area contributed by atoms with Gasteiger partial charge in [-0.2, -0.15) is 0 Å². The molecule has 2 aromatic rings. The number of aromatic nitrogens is 1. The van der Waals surface area contributed by atoms with Gasteiger partial charge in [0, 0.05) is 49.2 Å². The largest absolute Gasteiger partial charge is 0.372 e. The predicted molar refractivity (Wildman–Crippen MR) is 95.3 cm³/mol. The number of hydrogen-bond donors (Lipinski definition) is 0. The van der Waals surface area contributed by atoms with Crippen LogP contribution in [0.25, 0.3) is 10.9 Å². The third kappa shape index (κ3) is 2.65. The number of hydrogen-bond acceptors (Lipinski definition) is 4. The summed E-state index contributed by atoms with van der Waals surface area (Å²) in [5.41, 5.74) is 4.69. The van der Waals surface area contributed by atoms with E-state index in [9.17, 15) is 0 Å². The molecule has 0 N–H and O–H groups in total. The zero-order chi connectivity index (χ0) is 16.0. The first-order valence-corrected chi connectivity index (χ1v) is 8.61. The van der Waals surface area contributed by atoms with Crippen LogP contribution in [0.4, 0.5) is 11.4 Å². The van der Waals surface area contributed by atoms with Crippen LogP contribution in [0, 0.1) is 6.92 Å². The van der Waals surface area contributed by atoms with Crippen LogP contribution in [0.1, 0.15) is 31.4 Å². The van der Waals surface area contributed by atoms with Gasteiger partial charge >= 0.3 is 0 Å². The smallest absolute Gasteiger partial charge is 0.129 e. The summed E-state index contributed by atoms with van der Waals surface area (Å²) in [5.74, 6) is 0. The number of fused-ring (bicyclic) bond motifs is 1. The van der Waals surface area contributed by atoms with Gasteiger partial charge in [-0.05, 0) is 56.9 Å². The number of nitrogens with zero attached hydrogens (tertiary/aromatic N) is 3. The molecule has 0 radical (unpaired) electrons. The molecule has 4 heteroatoms. The molecule has 1 atom stereocenters. The molecule has 0 amide bonds. The minimum absolute atomic E-state index is 0.189. The van der Waals surface area contributed by atoms with Crippen LogP contribution in [0.2, 0.25) is 0 Å². The van der Waals surface area contributed by atoms with Crippen molar-refractivity contribution in [1.29, 1.82) is 0 Å². The van der Waals surface area contributed by atoms with Crippen LogP contribution in [-0.2, 0) is 4.74 Å². The number of methoxy groups -OCH3 is 1. The Morgan fingerprint density at radius 1 is 1.22 bits per heavy atom. The van der Waals surface area contributed by atoms with Gasteiger partial charge in [-0.25, -0.2) is 0 Å². The van der Waals surface area contributed by atoms with E-state index in [0.29, 0.717) is 6.04 Å². The Labute approximate surface area is 138 Å². The Hall–Kier alpha value is -1.81. The maximum absolute atomic E-state index is 5.67. The number of pyridine rings is 1. The molecule has 2 fully saturated rings. The van der Waals surface area contributed by atoms with Crippen molar-refractivity contribution in [3.05, 3.63) is 30.0 Å². The molecule has 1 aliphatic carbocycles. The van der Waals surface area contributed by atoms with Crippen molar-refractivity contribution in [3.8, 4) is 0 Å². The summed E-state index contributed by atoms with van der Waals surface area (Å²) in [5, 5.41) is 1.23. The van der Waals surface area contributed by atoms with Crippen molar-refractivity contribution < 1.29 is 4.74 Å². The second kappa shape index (κ2) is 5.68. The Bertz CT molecular complexity index is 726. The molecule has 122 valence electrons. The average molecular weight is 311 g/mol. The standard InChI is InChI=1S/C19H25N3O/c1-13-11-18(22-10-4-5-19(22)23-3)16-9-8-15(12-17(16)20-13)21(2)14-6-7-14/h8-9,11-12,14,19H,4-7,10H2,1-3H3/t19-/m0/s1. The molecule has 2 heterocycles. The first kappa shape index (κ1) is 14.8. The van der Waals surface area contributed by atoms with Gasteiger partial charge in [-0.15, -0.1) is 0 Å². The van der Waals surface area contributed by atoms with Crippen LogP contribution >= 0.6 is 0 Å². The minimum Gasteiger partial charge on any atom is -0.372 e. The summed E-state index contributed by atoms with van der Waals surface area (Å²) in [6, 6.07) is 9.62. The van der Waals surface area contributed by atoms with Crippen LogP contribution in [-0.4, -0.2) is 38.0 Å². The monoisotopic (exact) mass is 311 g/mol. The molecule has 1 aromatic heterocycles. The highest BCUT2D eigenvalue weighted by atomic mass is 16.5. The molecular weight excluding hydrogens is 286 g/mol. The lowest BCUT2D eigenvalue weighted by atomic mass is 10.1. The Morgan fingerprint density at radius 3 is 2.78 bits per heavy atom. The number of aryl methyl sites for hydroxylation is 1. The van der Waals surface area contributed by atoms with E-state index in [-0.39, 0.29) is 6.23 Å². The van der Waals surface area contributed by atoms with Crippen molar-refractivity contribution in [1.82, 2.24) is 4.98 Å². The molecule has 1 aromatic carbocycles. The summed E-state index contributed by atoms with van der Waals surface area (Å²) in [6.07, 6.45) is 5.09. The van der Waals surface area contributed by atoms with E-state index >= 15 is 0 Å². The molecule has 0 bridgehead atoms. The molecule has 2 aliphatic rings. The molecule has 1 saturated carbocycles. The lowest BCUT2D eigenvalue weighted by Crippen LogP contribution is -2.30. The predicted octanol–water partition coefficient (Wildman–Crippen LogP) is 3.71. The van der Waals surface area contributed by atoms with Gasteiger partial charge in [0.1, 0.15) is 6.23 Å². The van der Waals surface area contributed by atoms with Gasteiger partial charge in [0.2, 0.25) is 0 Å². The molecular formula is C19H25N3O. The average Bonchev–Trinajstić information content (AvgIpc) is 3.30. The van der Waals surface area contributed by atoms with Gasteiger partial charge < -0.3 is 14.5 Å². The molecule has 4 nitrogen and oxygen atoms in total. The summed E-state index contributed by atoms with van der Waals surface area (Å²) in [6.45, 7) is 3.14. The Kier molecular flexibility index (Phi) is 3.64. The second-order valence-corrected chi connectivity index (χ2v) is 6.85. The maximum atomic E-state index is 5.67. The number of rotatable bonds is 4. The fraction of sp³-hybridized carbons (Fsp3) is 0.526. The van der Waals surface area contributed by atoms with Crippen molar-refractivity contribution in [2.45, 2.75) is 44.9 Å². The fourth-order valence-electron chi connectivity index (χ4n) is 3.71. The SMILES string of the molecule is CO[C@H]1CCCN1c1cc(C)nc2cc(N(C)C3CC3)ccc12. The summed E-state index contributed by atoms with van der Waals surface area (Å²) < 4.78 is 5.67. The zero-order valence-electron chi connectivity index (χ0n) is 14.2. The first-order chi connectivity index (χ1) is 11.2. The molecule has 23 heavy (non-hydrogen) atoms. The fourth-order valence-corrected chi connectivity index (χ4v) is 3.71. The molecule has 0 spiro atoms. The first-order valence-electron chi connectivity index (χ1n) is 8.61. The maximum Gasteiger partial charge on any atom is 0.129 e. The van der Waals surface area contributed by atoms with Crippen molar-refractivity contribution in [2.75, 3.05) is 30.5 Å². The minimum atomic E-state index is 0.189. The summed E-state index contributed by atoms with van der Waals surface area (Å²) in [4.78, 5) is 9.56. The molecule has 1 saturated heterocycles. The van der Waals surface area contributed by atoms with Crippen LogP contribution < -0.4 is 9.80 Å².